The van der Waals surface area contributed by atoms with E-state index in [0.29, 0.717) is 5.92 Å². The lowest BCUT2D eigenvalue weighted by Gasteiger charge is -2.17. The predicted molar refractivity (Wildman–Crippen MR) is 85.0 cm³/mol. The van der Waals surface area contributed by atoms with Crippen molar-refractivity contribution in [3.8, 4) is 0 Å². The van der Waals surface area contributed by atoms with Crippen LogP contribution in [0, 0.1) is 19.8 Å². The molecule has 0 bridgehead atoms. The highest BCUT2D eigenvalue weighted by Gasteiger charge is 2.11. The SMILES string of the molecule is Cc1ccc(C(C)Nc2nc(C)cn2CC(C)C)cc1. The number of imidazole rings is 1. The Morgan fingerprint density at radius 1 is 1.10 bits per heavy atom. The summed E-state index contributed by atoms with van der Waals surface area (Å²) in [6, 6.07) is 8.91. The molecule has 1 N–H and O–H groups in total. The summed E-state index contributed by atoms with van der Waals surface area (Å²) in [6.07, 6.45) is 2.12. The predicted octanol–water partition coefficient (Wildman–Crippen LogP) is 4.33. The first-order chi connectivity index (χ1) is 9.45. The van der Waals surface area contributed by atoms with Crippen LogP contribution in [0.15, 0.2) is 30.5 Å². The van der Waals surface area contributed by atoms with Gasteiger partial charge >= 0.3 is 0 Å². The van der Waals surface area contributed by atoms with Crippen LogP contribution in [0.5, 0.6) is 0 Å². The van der Waals surface area contributed by atoms with E-state index in [0.717, 1.165) is 18.2 Å². The van der Waals surface area contributed by atoms with Crippen molar-refractivity contribution < 1.29 is 0 Å². The first kappa shape index (κ1) is 14.6. The van der Waals surface area contributed by atoms with Gasteiger partial charge in [-0.2, -0.15) is 0 Å². The second-order valence-corrected chi connectivity index (χ2v) is 6.03. The smallest absolute Gasteiger partial charge is 0.203 e. The summed E-state index contributed by atoms with van der Waals surface area (Å²) in [4.78, 5) is 4.60. The summed E-state index contributed by atoms with van der Waals surface area (Å²) >= 11 is 0. The number of aromatic nitrogens is 2. The van der Waals surface area contributed by atoms with Crippen molar-refractivity contribution in [3.05, 3.63) is 47.3 Å². The van der Waals surface area contributed by atoms with Gasteiger partial charge in [0.1, 0.15) is 0 Å². The first-order valence-corrected chi connectivity index (χ1v) is 7.32. The average Bonchev–Trinajstić information content (AvgIpc) is 2.69. The van der Waals surface area contributed by atoms with Crippen molar-refractivity contribution in [2.45, 2.75) is 47.2 Å². The Bertz CT molecular complexity index is 552. The number of hydrogen-bond donors (Lipinski definition) is 1. The maximum absolute atomic E-state index is 4.60. The van der Waals surface area contributed by atoms with Crippen molar-refractivity contribution in [2.75, 3.05) is 5.32 Å². The Morgan fingerprint density at radius 3 is 2.35 bits per heavy atom. The van der Waals surface area contributed by atoms with Gasteiger partial charge in [0.15, 0.2) is 0 Å². The molecule has 0 amide bonds. The van der Waals surface area contributed by atoms with Gasteiger partial charge in [-0.05, 0) is 32.3 Å². The number of rotatable bonds is 5. The third-order valence-corrected chi connectivity index (χ3v) is 3.38. The maximum atomic E-state index is 4.60. The third-order valence-electron chi connectivity index (χ3n) is 3.38. The Morgan fingerprint density at radius 2 is 1.75 bits per heavy atom. The lowest BCUT2D eigenvalue weighted by molar-refractivity contribution is 0.524. The lowest BCUT2D eigenvalue weighted by atomic mass is 10.1. The number of nitrogens with one attached hydrogen (secondary N) is 1. The van der Waals surface area contributed by atoms with Crippen molar-refractivity contribution in [1.82, 2.24) is 9.55 Å². The summed E-state index contributed by atoms with van der Waals surface area (Å²) in [6.45, 7) is 11.8. The van der Waals surface area contributed by atoms with Gasteiger partial charge in [-0.1, -0.05) is 43.7 Å². The summed E-state index contributed by atoms with van der Waals surface area (Å²) in [7, 11) is 0. The molecule has 2 rings (SSSR count). The Labute approximate surface area is 122 Å². The van der Waals surface area contributed by atoms with E-state index in [4.69, 9.17) is 0 Å². The van der Waals surface area contributed by atoms with Crippen molar-refractivity contribution in [2.24, 2.45) is 5.92 Å². The minimum absolute atomic E-state index is 0.253. The fraction of sp³-hybridized carbons (Fsp3) is 0.471. The van der Waals surface area contributed by atoms with Crippen LogP contribution in [0.1, 0.15) is 43.6 Å². The second kappa shape index (κ2) is 6.12. The molecule has 1 atom stereocenters. The zero-order chi connectivity index (χ0) is 14.7. The van der Waals surface area contributed by atoms with E-state index in [1.807, 2.05) is 6.92 Å². The first-order valence-electron chi connectivity index (χ1n) is 7.32. The second-order valence-electron chi connectivity index (χ2n) is 6.03. The summed E-state index contributed by atoms with van der Waals surface area (Å²) < 4.78 is 2.21. The van der Waals surface area contributed by atoms with Crippen LogP contribution in [0.25, 0.3) is 0 Å². The molecule has 3 nitrogen and oxygen atoms in total. The van der Waals surface area contributed by atoms with Gasteiger partial charge in [0, 0.05) is 12.7 Å². The minimum atomic E-state index is 0.253. The fourth-order valence-electron chi connectivity index (χ4n) is 2.33. The molecule has 108 valence electrons. The quantitative estimate of drug-likeness (QED) is 0.877. The van der Waals surface area contributed by atoms with Crippen molar-refractivity contribution in [1.29, 1.82) is 0 Å². The summed E-state index contributed by atoms with van der Waals surface area (Å²) in [5.41, 5.74) is 3.63. The van der Waals surface area contributed by atoms with Crippen LogP contribution in [0.3, 0.4) is 0 Å². The molecule has 1 aromatic heterocycles. The van der Waals surface area contributed by atoms with Crippen LogP contribution in [-0.4, -0.2) is 9.55 Å². The van der Waals surface area contributed by atoms with E-state index in [-0.39, 0.29) is 6.04 Å². The van der Waals surface area contributed by atoms with Gasteiger partial charge in [0.05, 0.1) is 11.7 Å². The molecule has 1 heterocycles. The van der Waals surface area contributed by atoms with Crippen molar-refractivity contribution in [3.63, 3.8) is 0 Å². The van der Waals surface area contributed by atoms with Crippen LogP contribution in [-0.2, 0) is 6.54 Å². The maximum Gasteiger partial charge on any atom is 0.203 e. The van der Waals surface area contributed by atoms with Crippen LogP contribution in [0.4, 0.5) is 5.95 Å². The zero-order valence-electron chi connectivity index (χ0n) is 13.1. The van der Waals surface area contributed by atoms with Gasteiger partial charge in [-0.15, -0.1) is 0 Å². The highest BCUT2D eigenvalue weighted by atomic mass is 15.2. The number of anilines is 1. The molecule has 0 fully saturated rings. The molecule has 0 radical (unpaired) electrons. The average molecular weight is 271 g/mol. The normalized spacial score (nSPS) is 12.7. The highest BCUT2D eigenvalue weighted by Crippen LogP contribution is 2.20. The molecule has 0 saturated heterocycles. The summed E-state index contributed by atoms with van der Waals surface area (Å²) in [5.74, 6) is 1.57. The monoisotopic (exact) mass is 271 g/mol. The molecule has 0 saturated carbocycles. The number of hydrogen-bond acceptors (Lipinski definition) is 2. The van der Waals surface area contributed by atoms with Gasteiger partial charge in [0.2, 0.25) is 5.95 Å². The van der Waals surface area contributed by atoms with E-state index in [2.05, 4.69) is 73.0 Å². The molecule has 0 aliphatic heterocycles. The van der Waals surface area contributed by atoms with Crippen LogP contribution >= 0.6 is 0 Å². The van der Waals surface area contributed by atoms with Crippen LogP contribution < -0.4 is 5.32 Å². The molecule has 1 aromatic carbocycles. The summed E-state index contributed by atoms with van der Waals surface area (Å²) in [5, 5.41) is 3.52. The number of aryl methyl sites for hydroxylation is 2. The number of benzene rings is 1. The fourth-order valence-corrected chi connectivity index (χ4v) is 2.33. The minimum Gasteiger partial charge on any atom is -0.349 e. The molecule has 0 spiro atoms. The topological polar surface area (TPSA) is 29.9 Å². The van der Waals surface area contributed by atoms with Crippen LogP contribution in [0.2, 0.25) is 0 Å². The van der Waals surface area contributed by atoms with Gasteiger partial charge in [0.25, 0.3) is 0 Å². The molecule has 3 heteroatoms. The lowest BCUT2D eigenvalue weighted by Crippen LogP contribution is -2.13. The largest absolute Gasteiger partial charge is 0.349 e. The van der Waals surface area contributed by atoms with E-state index in [1.165, 1.54) is 11.1 Å². The standard InChI is InChI=1S/C17H25N3/c1-12(2)10-20-11-14(4)18-17(20)19-15(5)16-8-6-13(3)7-9-16/h6-9,11-12,15H,10H2,1-5H3,(H,18,19). The van der Waals surface area contributed by atoms with E-state index in [1.54, 1.807) is 0 Å². The molecule has 0 aliphatic rings. The molecule has 1 unspecified atom stereocenters. The van der Waals surface area contributed by atoms with Gasteiger partial charge in [-0.25, -0.2) is 4.98 Å². The van der Waals surface area contributed by atoms with Crippen molar-refractivity contribution >= 4 is 5.95 Å². The zero-order valence-corrected chi connectivity index (χ0v) is 13.1. The van der Waals surface area contributed by atoms with Gasteiger partial charge in [-0.3, -0.25) is 0 Å². The molecular formula is C17H25N3. The Hall–Kier alpha value is -1.77. The third kappa shape index (κ3) is 3.62. The Kier molecular flexibility index (Phi) is 4.48. The van der Waals surface area contributed by atoms with E-state index >= 15 is 0 Å². The van der Waals surface area contributed by atoms with E-state index < -0.39 is 0 Å². The molecule has 2 aromatic rings. The molecular weight excluding hydrogens is 246 g/mol. The van der Waals surface area contributed by atoms with E-state index in [9.17, 15) is 0 Å². The van der Waals surface area contributed by atoms with Gasteiger partial charge < -0.3 is 9.88 Å². The Balaban J connectivity index is 2.14. The molecule has 0 aliphatic carbocycles. The number of nitrogens with zero attached hydrogens (tertiary/aromatic N) is 2. The highest BCUT2D eigenvalue weighted by molar-refractivity contribution is 5.35. The molecule has 20 heavy (non-hydrogen) atoms.